The van der Waals surface area contributed by atoms with Crippen LogP contribution in [0.5, 0.6) is 0 Å². The highest BCUT2D eigenvalue weighted by molar-refractivity contribution is 8.00. The van der Waals surface area contributed by atoms with Crippen molar-refractivity contribution in [2.24, 2.45) is 0 Å². The number of para-hydroxylation sites is 1. The van der Waals surface area contributed by atoms with Crippen molar-refractivity contribution in [3.05, 3.63) is 30.6 Å². The van der Waals surface area contributed by atoms with Gasteiger partial charge in [0.05, 0.1) is 25.5 Å². The van der Waals surface area contributed by atoms with Crippen molar-refractivity contribution in [2.45, 2.75) is 5.03 Å². The van der Waals surface area contributed by atoms with Gasteiger partial charge in [0.15, 0.2) is 5.58 Å². The summed E-state index contributed by atoms with van der Waals surface area (Å²) in [5.74, 6) is -0.0453. The number of carbonyl (C=O) groups excluding carboxylic acids is 2. The maximum atomic E-state index is 12.5. The largest absolute Gasteiger partial charge is 0.451 e. The lowest BCUT2D eigenvalue weighted by Gasteiger charge is -2.28. The summed E-state index contributed by atoms with van der Waals surface area (Å²) in [4.78, 5) is 36.5. The van der Waals surface area contributed by atoms with Gasteiger partial charge in [0.25, 0.3) is 0 Å². The number of nitrogens with zero attached hydrogens (tertiary/aromatic N) is 4. The molecule has 146 valence electrons. The third-order valence-electron chi connectivity index (χ3n) is 4.62. The van der Waals surface area contributed by atoms with Crippen LogP contribution in [0.2, 0.25) is 0 Å². The molecular formula is C19H20N4O4S. The van der Waals surface area contributed by atoms with Gasteiger partial charge in [0.1, 0.15) is 22.5 Å². The Morgan fingerprint density at radius 1 is 1.21 bits per heavy atom. The lowest BCUT2D eigenvalue weighted by molar-refractivity contribution is -0.140. The Balaban J connectivity index is 1.41. The van der Waals surface area contributed by atoms with Gasteiger partial charge < -0.3 is 19.0 Å². The first-order valence-electron chi connectivity index (χ1n) is 8.98. The average molecular weight is 400 g/mol. The number of rotatable bonds is 5. The molecule has 2 aromatic heterocycles. The minimum absolute atomic E-state index is 0.0587. The molecule has 0 unspecified atom stereocenters. The molecule has 9 heteroatoms. The number of hydrogen-bond donors (Lipinski definition) is 0. The molecule has 28 heavy (non-hydrogen) atoms. The molecule has 0 bridgehead atoms. The lowest BCUT2D eigenvalue weighted by atomic mass is 10.2. The van der Waals surface area contributed by atoms with Crippen LogP contribution in [0.3, 0.4) is 0 Å². The van der Waals surface area contributed by atoms with Crippen molar-refractivity contribution in [1.82, 2.24) is 19.8 Å². The zero-order chi connectivity index (χ0) is 19.5. The number of benzene rings is 1. The molecule has 0 spiro atoms. The van der Waals surface area contributed by atoms with Crippen molar-refractivity contribution in [2.75, 3.05) is 45.6 Å². The Morgan fingerprint density at radius 2 is 2.00 bits per heavy atom. The van der Waals surface area contributed by atoms with Crippen LogP contribution in [0.1, 0.15) is 0 Å². The van der Waals surface area contributed by atoms with Gasteiger partial charge in [-0.25, -0.2) is 9.97 Å². The van der Waals surface area contributed by atoms with E-state index in [0.29, 0.717) is 36.9 Å². The SMILES string of the molecule is CN(CC(=O)N1CCOCC1)C(=O)CSc1ncnc2c1oc1ccccc12. The van der Waals surface area contributed by atoms with E-state index in [9.17, 15) is 9.59 Å². The van der Waals surface area contributed by atoms with E-state index in [-0.39, 0.29) is 24.1 Å². The zero-order valence-electron chi connectivity index (χ0n) is 15.5. The predicted octanol–water partition coefficient (Wildman–Crippen LogP) is 1.79. The average Bonchev–Trinajstić information content (AvgIpc) is 3.12. The van der Waals surface area contributed by atoms with Gasteiger partial charge in [-0.05, 0) is 12.1 Å². The van der Waals surface area contributed by atoms with Crippen molar-refractivity contribution >= 4 is 45.6 Å². The van der Waals surface area contributed by atoms with Crippen LogP contribution in [0.4, 0.5) is 0 Å². The Kier molecular flexibility index (Phi) is 5.45. The van der Waals surface area contributed by atoms with Crippen molar-refractivity contribution in [3.8, 4) is 0 Å². The molecule has 0 saturated carbocycles. The number of hydrogen-bond acceptors (Lipinski definition) is 7. The Labute approximate surface area is 165 Å². The number of amides is 2. The fourth-order valence-corrected chi connectivity index (χ4v) is 3.92. The van der Waals surface area contributed by atoms with Crippen LogP contribution >= 0.6 is 11.8 Å². The van der Waals surface area contributed by atoms with Gasteiger partial charge in [-0.2, -0.15) is 0 Å². The van der Waals surface area contributed by atoms with Gasteiger partial charge in [0, 0.05) is 25.5 Å². The summed E-state index contributed by atoms with van der Waals surface area (Å²) in [6.45, 7) is 2.28. The summed E-state index contributed by atoms with van der Waals surface area (Å²) >= 11 is 1.28. The Hall–Kier alpha value is -2.65. The van der Waals surface area contributed by atoms with Crippen molar-refractivity contribution < 1.29 is 18.7 Å². The maximum absolute atomic E-state index is 12.5. The molecule has 2 amide bonds. The quantitative estimate of drug-likeness (QED) is 0.476. The number of thioether (sulfide) groups is 1. The number of morpholine rings is 1. The minimum Gasteiger partial charge on any atom is -0.451 e. The second kappa shape index (κ2) is 8.15. The van der Waals surface area contributed by atoms with E-state index in [1.54, 1.807) is 11.9 Å². The predicted molar refractivity (Wildman–Crippen MR) is 105 cm³/mol. The van der Waals surface area contributed by atoms with Crippen LogP contribution in [0, 0.1) is 0 Å². The highest BCUT2D eigenvalue weighted by Crippen LogP contribution is 2.32. The first-order valence-corrected chi connectivity index (χ1v) is 9.96. The molecule has 1 aliphatic rings. The van der Waals surface area contributed by atoms with E-state index in [1.165, 1.54) is 23.0 Å². The molecule has 4 rings (SSSR count). The number of likely N-dealkylation sites (N-methyl/N-ethyl adjacent to an activating group) is 1. The number of carbonyl (C=O) groups is 2. The van der Waals surface area contributed by atoms with Crippen LogP contribution in [0.25, 0.3) is 22.1 Å². The van der Waals surface area contributed by atoms with Gasteiger partial charge in [-0.1, -0.05) is 23.9 Å². The fourth-order valence-electron chi connectivity index (χ4n) is 3.05. The van der Waals surface area contributed by atoms with Crippen LogP contribution in [-0.2, 0) is 14.3 Å². The van der Waals surface area contributed by atoms with E-state index < -0.39 is 0 Å². The maximum Gasteiger partial charge on any atom is 0.242 e. The van der Waals surface area contributed by atoms with E-state index in [1.807, 2.05) is 24.3 Å². The monoisotopic (exact) mass is 400 g/mol. The molecule has 8 nitrogen and oxygen atoms in total. The molecule has 0 aliphatic carbocycles. The number of aromatic nitrogens is 2. The van der Waals surface area contributed by atoms with Crippen LogP contribution in [0.15, 0.2) is 40.0 Å². The molecular weight excluding hydrogens is 380 g/mol. The molecule has 1 saturated heterocycles. The third kappa shape index (κ3) is 3.81. The molecule has 3 heterocycles. The number of fused-ring (bicyclic) bond motifs is 3. The topological polar surface area (TPSA) is 88.8 Å². The molecule has 1 fully saturated rings. The minimum atomic E-state index is -0.144. The number of furan rings is 1. The molecule has 1 aromatic carbocycles. The first kappa shape index (κ1) is 18.7. The normalized spacial score (nSPS) is 14.5. The van der Waals surface area contributed by atoms with Gasteiger partial charge >= 0.3 is 0 Å². The van der Waals surface area contributed by atoms with Crippen molar-refractivity contribution in [3.63, 3.8) is 0 Å². The number of ether oxygens (including phenoxy) is 1. The Morgan fingerprint density at radius 3 is 2.82 bits per heavy atom. The van der Waals surface area contributed by atoms with E-state index >= 15 is 0 Å². The summed E-state index contributed by atoms with van der Waals surface area (Å²) in [7, 11) is 1.64. The summed E-state index contributed by atoms with van der Waals surface area (Å²) in [6.07, 6.45) is 1.47. The Bertz CT molecular complexity index is 1020. The van der Waals surface area contributed by atoms with Crippen molar-refractivity contribution in [1.29, 1.82) is 0 Å². The van der Waals surface area contributed by atoms with E-state index in [0.717, 1.165) is 16.5 Å². The molecule has 0 radical (unpaired) electrons. The molecule has 3 aromatic rings. The summed E-state index contributed by atoms with van der Waals surface area (Å²) in [5, 5.41) is 1.53. The first-order chi connectivity index (χ1) is 13.6. The van der Waals surface area contributed by atoms with Crippen LogP contribution in [-0.4, -0.2) is 77.2 Å². The summed E-state index contributed by atoms with van der Waals surface area (Å²) in [5.41, 5.74) is 2.05. The fraction of sp³-hybridized carbons (Fsp3) is 0.368. The zero-order valence-corrected chi connectivity index (χ0v) is 16.3. The smallest absolute Gasteiger partial charge is 0.242 e. The standard InChI is InChI=1S/C19H20N4O4S/c1-22(10-15(24)23-6-8-26-9-7-23)16(25)11-28-19-18-17(20-12-21-19)13-4-2-3-5-14(13)27-18/h2-5,12H,6-11H2,1H3. The highest BCUT2D eigenvalue weighted by atomic mass is 32.2. The second-order valence-electron chi connectivity index (χ2n) is 6.49. The molecule has 0 N–H and O–H groups in total. The molecule has 1 aliphatic heterocycles. The van der Waals surface area contributed by atoms with Crippen LogP contribution < -0.4 is 0 Å². The van der Waals surface area contributed by atoms with Gasteiger partial charge in [0.2, 0.25) is 11.8 Å². The van der Waals surface area contributed by atoms with Gasteiger partial charge in [-0.3, -0.25) is 9.59 Å². The van der Waals surface area contributed by atoms with E-state index in [4.69, 9.17) is 9.15 Å². The van der Waals surface area contributed by atoms with E-state index in [2.05, 4.69) is 9.97 Å². The highest BCUT2D eigenvalue weighted by Gasteiger charge is 2.21. The third-order valence-corrected chi connectivity index (χ3v) is 5.58. The lowest BCUT2D eigenvalue weighted by Crippen LogP contribution is -2.46. The summed E-state index contributed by atoms with van der Waals surface area (Å²) < 4.78 is 11.1. The van der Waals surface area contributed by atoms with Gasteiger partial charge in [-0.15, -0.1) is 0 Å². The summed E-state index contributed by atoms with van der Waals surface area (Å²) in [6, 6.07) is 7.64. The second-order valence-corrected chi connectivity index (χ2v) is 7.45. The molecule has 0 atom stereocenters.